The van der Waals surface area contributed by atoms with Crippen molar-refractivity contribution in [3.8, 4) is 0 Å². The fourth-order valence-corrected chi connectivity index (χ4v) is 4.35. The van der Waals surface area contributed by atoms with Gasteiger partial charge in [0.25, 0.3) is 0 Å². The zero-order valence-electron chi connectivity index (χ0n) is 14.1. The summed E-state index contributed by atoms with van der Waals surface area (Å²) in [4.78, 5) is 6.22. The lowest BCUT2D eigenvalue weighted by Gasteiger charge is -2.14. The Bertz CT molecular complexity index is 934. The summed E-state index contributed by atoms with van der Waals surface area (Å²) in [6.07, 6.45) is 1.74. The van der Waals surface area contributed by atoms with Gasteiger partial charge in [0.1, 0.15) is 4.83 Å². The van der Waals surface area contributed by atoms with Crippen molar-refractivity contribution >= 4 is 48.9 Å². The number of nitrogens with zero attached hydrogens (tertiary/aromatic N) is 1. The molecule has 0 aliphatic heterocycles. The highest BCUT2D eigenvalue weighted by molar-refractivity contribution is 9.10. The molecule has 25 heavy (non-hydrogen) atoms. The van der Waals surface area contributed by atoms with E-state index in [0.717, 1.165) is 43.6 Å². The van der Waals surface area contributed by atoms with E-state index >= 15 is 0 Å². The first kappa shape index (κ1) is 17.9. The van der Waals surface area contributed by atoms with Gasteiger partial charge >= 0.3 is 0 Å². The Morgan fingerprint density at radius 2 is 2.04 bits per heavy atom. The number of allylic oxidation sites excluding steroid dienone is 1. The number of pyridine rings is 1. The largest absolute Gasteiger partial charge is 0.397 e. The molecule has 1 unspecified atom stereocenters. The first-order valence-corrected chi connectivity index (χ1v) is 9.52. The minimum Gasteiger partial charge on any atom is -0.397 e. The lowest BCUT2D eigenvalue weighted by Crippen LogP contribution is -2.09. The topological polar surface area (TPSA) is 71.2 Å². The smallest absolute Gasteiger partial charge is 0.162 e. The quantitative estimate of drug-likeness (QED) is 0.399. The van der Waals surface area contributed by atoms with E-state index in [0.29, 0.717) is 10.6 Å². The molecule has 3 rings (SSSR count). The number of aryl methyl sites for hydroxylation is 2. The molecule has 2 aromatic heterocycles. The number of nitrogen functional groups attached to an aromatic ring is 1. The van der Waals surface area contributed by atoms with Crippen molar-refractivity contribution in [1.29, 1.82) is 0 Å². The zero-order valence-corrected chi connectivity index (χ0v) is 16.5. The summed E-state index contributed by atoms with van der Waals surface area (Å²) in [6, 6.07) is 7.62. The van der Waals surface area contributed by atoms with E-state index in [-0.39, 0.29) is 0 Å². The second-order valence-electron chi connectivity index (χ2n) is 5.91. The second kappa shape index (κ2) is 7.15. The molecule has 2 heterocycles. The highest BCUT2D eigenvalue weighted by atomic mass is 79.9. The van der Waals surface area contributed by atoms with E-state index in [2.05, 4.69) is 39.7 Å². The first-order valence-electron chi connectivity index (χ1n) is 7.91. The van der Waals surface area contributed by atoms with Gasteiger partial charge in [0.05, 0.1) is 10.6 Å². The van der Waals surface area contributed by atoms with E-state index in [1.54, 1.807) is 0 Å². The van der Waals surface area contributed by atoms with Gasteiger partial charge in [-0.1, -0.05) is 22.0 Å². The number of halogens is 1. The summed E-state index contributed by atoms with van der Waals surface area (Å²) < 4.78 is 0.985. The molecule has 1 atom stereocenters. The normalized spacial score (nSPS) is 12.3. The average Bonchev–Trinajstić information content (AvgIpc) is 2.90. The second-order valence-corrected chi connectivity index (χ2v) is 7.85. The van der Waals surface area contributed by atoms with Crippen LogP contribution in [0.2, 0.25) is 0 Å². The Balaban J connectivity index is 2.02. The van der Waals surface area contributed by atoms with E-state index in [1.165, 1.54) is 11.3 Å². The molecule has 0 amide bonds. The van der Waals surface area contributed by atoms with Crippen molar-refractivity contribution in [2.45, 2.75) is 26.5 Å². The van der Waals surface area contributed by atoms with Crippen LogP contribution in [0.3, 0.4) is 0 Å². The average molecular weight is 418 g/mol. The number of hydrogen-bond donors (Lipinski definition) is 3. The van der Waals surface area contributed by atoms with Crippen molar-refractivity contribution in [2.75, 3.05) is 11.1 Å². The van der Waals surface area contributed by atoms with E-state index < -0.39 is 6.23 Å². The molecule has 130 valence electrons. The molecule has 0 aliphatic rings. The van der Waals surface area contributed by atoms with Gasteiger partial charge in [0, 0.05) is 21.2 Å². The number of aliphatic hydroxyl groups excluding tert-OH is 1. The van der Waals surface area contributed by atoms with Crippen molar-refractivity contribution in [2.24, 2.45) is 0 Å². The fraction of sp³-hybridized carbons (Fsp3) is 0.211. The molecule has 4 nitrogen and oxygen atoms in total. The molecule has 1 aromatic carbocycles. The standard InChI is InChI=1S/C19H20BrN3OS/c1-4-5-14-10(2)15-16(21)17(25-19(15)22-11(14)3)18(24)23-13-8-6-12(20)7-9-13/h4,6-9,18,23-24H,1,5,21H2,2-3H3. The van der Waals surface area contributed by atoms with Crippen LogP contribution in [0.4, 0.5) is 11.4 Å². The van der Waals surface area contributed by atoms with Crippen molar-refractivity contribution in [3.63, 3.8) is 0 Å². The predicted molar refractivity (Wildman–Crippen MR) is 110 cm³/mol. The zero-order chi connectivity index (χ0) is 18.1. The maximum absolute atomic E-state index is 10.6. The van der Waals surface area contributed by atoms with Crippen LogP contribution in [-0.4, -0.2) is 10.1 Å². The van der Waals surface area contributed by atoms with Crippen molar-refractivity contribution < 1.29 is 5.11 Å². The van der Waals surface area contributed by atoms with Gasteiger partial charge in [-0.15, -0.1) is 17.9 Å². The maximum atomic E-state index is 10.6. The van der Waals surface area contributed by atoms with Gasteiger partial charge in [-0.05, 0) is 55.7 Å². The highest BCUT2D eigenvalue weighted by Crippen LogP contribution is 2.40. The molecule has 0 bridgehead atoms. The van der Waals surface area contributed by atoms with Crippen LogP contribution >= 0.6 is 27.3 Å². The molecule has 3 aromatic rings. The fourth-order valence-electron chi connectivity index (χ4n) is 2.95. The first-order chi connectivity index (χ1) is 11.9. The third-order valence-corrected chi connectivity index (χ3v) is 5.91. The number of rotatable bonds is 5. The van der Waals surface area contributed by atoms with Gasteiger partial charge < -0.3 is 16.2 Å². The van der Waals surface area contributed by atoms with Gasteiger partial charge in [-0.3, -0.25) is 0 Å². The highest BCUT2D eigenvalue weighted by Gasteiger charge is 2.21. The van der Waals surface area contributed by atoms with Crippen molar-refractivity contribution in [1.82, 2.24) is 4.98 Å². The SMILES string of the molecule is C=CCc1c(C)nc2sc(C(O)Nc3ccc(Br)cc3)c(N)c2c1C. The third-order valence-electron chi connectivity index (χ3n) is 4.23. The summed E-state index contributed by atoms with van der Waals surface area (Å²) in [5.41, 5.74) is 11.0. The number of fused-ring (bicyclic) bond motifs is 1. The van der Waals surface area contributed by atoms with E-state index in [9.17, 15) is 5.11 Å². The van der Waals surface area contributed by atoms with Crippen molar-refractivity contribution in [3.05, 3.63) is 63.1 Å². The monoisotopic (exact) mass is 417 g/mol. The lowest BCUT2D eigenvalue weighted by molar-refractivity contribution is 0.213. The van der Waals surface area contributed by atoms with Gasteiger partial charge in [-0.2, -0.15) is 0 Å². The Labute approximate surface area is 159 Å². The van der Waals surface area contributed by atoms with Crippen LogP contribution in [-0.2, 0) is 6.42 Å². The summed E-state index contributed by atoms with van der Waals surface area (Å²) in [7, 11) is 0. The summed E-state index contributed by atoms with van der Waals surface area (Å²) in [6.45, 7) is 7.87. The van der Waals surface area contributed by atoms with Crippen LogP contribution in [0, 0.1) is 13.8 Å². The molecule has 0 fully saturated rings. The van der Waals surface area contributed by atoms with Crippen LogP contribution in [0.1, 0.15) is 27.9 Å². The van der Waals surface area contributed by atoms with E-state index in [1.807, 2.05) is 37.3 Å². The third kappa shape index (κ3) is 3.42. The summed E-state index contributed by atoms with van der Waals surface area (Å²) in [5, 5.41) is 14.6. The molecule has 6 heteroatoms. The van der Waals surface area contributed by atoms with Crippen LogP contribution in [0.5, 0.6) is 0 Å². The maximum Gasteiger partial charge on any atom is 0.162 e. The Kier molecular flexibility index (Phi) is 5.13. The Hall–Kier alpha value is -1.89. The van der Waals surface area contributed by atoms with E-state index in [4.69, 9.17) is 5.73 Å². The number of anilines is 2. The number of nitrogens with two attached hydrogens (primary N) is 1. The number of hydrogen-bond acceptors (Lipinski definition) is 5. The molecular formula is C19H20BrN3OS. The molecule has 4 N–H and O–H groups in total. The Morgan fingerprint density at radius 1 is 1.36 bits per heavy atom. The van der Waals surface area contributed by atoms with Crippen LogP contribution < -0.4 is 11.1 Å². The van der Waals surface area contributed by atoms with Crippen LogP contribution in [0.15, 0.2) is 41.4 Å². The Morgan fingerprint density at radius 3 is 2.68 bits per heavy atom. The molecule has 0 saturated carbocycles. The lowest BCUT2D eigenvalue weighted by atomic mass is 10.0. The molecule has 0 radical (unpaired) electrons. The number of aliphatic hydroxyl groups is 1. The molecular weight excluding hydrogens is 398 g/mol. The molecule has 0 spiro atoms. The van der Waals surface area contributed by atoms with Gasteiger partial charge in [0.2, 0.25) is 0 Å². The summed E-state index contributed by atoms with van der Waals surface area (Å²) >= 11 is 4.83. The number of thiophene rings is 1. The number of benzene rings is 1. The van der Waals surface area contributed by atoms with Crippen LogP contribution in [0.25, 0.3) is 10.2 Å². The molecule has 0 saturated heterocycles. The number of aromatic nitrogens is 1. The molecule has 0 aliphatic carbocycles. The summed E-state index contributed by atoms with van der Waals surface area (Å²) in [5.74, 6) is 0. The predicted octanol–water partition coefficient (Wildman–Crippen LogP) is 5.09. The minimum absolute atomic E-state index is 0.590. The minimum atomic E-state index is -0.886. The number of nitrogens with one attached hydrogen (secondary N) is 1. The van der Waals surface area contributed by atoms with Gasteiger partial charge in [0.15, 0.2) is 6.23 Å². The van der Waals surface area contributed by atoms with Gasteiger partial charge in [-0.25, -0.2) is 4.98 Å².